The van der Waals surface area contributed by atoms with Gasteiger partial charge in [0.2, 0.25) is 0 Å². The average Bonchev–Trinajstić information content (AvgIpc) is 3.12. The van der Waals surface area contributed by atoms with Gasteiger partial charge in [0.15, 0.2) is 0 Å². The number of hydrogen-bond acceptors (Lipinski definition) is 4. The van der Waals surface area contributed by atoms with Gasteiger partial charge in [0, 0.05) is 4.47 Å². The molecule has 0 aromatic heterocycles. The molecule has 0 radical (unpaired) electrons. The lowest BCUT2D eigenvalue weighted by atomic mass is 10.0. The van der Waals surface area contributed by atoms with E-state index < -0.39 is 0 Å². The molecule has 5 rings (SSSR count). The van der Waals surface area contributed by atoms with Crippen LogP contribution in [0.2, 0.25) is 0 Å². The van der Waals surface area contributed by atoms with Crippen molar-refractivity contribution in [2.24, 2.45) is 0 Å². The fourth-order valence-corrected chi connectivity index (χ4v) is 4.90. The Kier molecular flexibility index (Phi) is 6.52. The molecule has 4 aromatic carbocycles. The van der Waals surface area contributed by atoms with Crippen molar-refractivity contribution in [3.63, 3.8) is 0 Å². The van der Waals surface area contributed by atoms with E-state index in [0.29, 0.717) is 11.5 Å². The van der Waals surface area contributed by atoms with Gasteiger partial charge in [0.25, 0.3) is 11.1 Å². The molecule has 0 atom stereocenters. The first-order valence-electron chi connectivity index (χ1n) is 10.8. The van der Waals surface area contributed by atoms with E-state index in [1.807, 2.05) is 91.0 Å². The van der Waals surface area contributed by atoms with Gasteiger partial charge in [-0.3, -0.25) is 14.5 Å². The first-order chi connectivity index (χ1) is 16.6. The standard InChI is InChI=1S/C28H20BrNO3S/c29-23-12-8-20(9-13-23)18-33-24-14-10-19(11-15-24)16-26-27(31)30(28(32)34-26)17-22-6-3-5-21-4-1-2-7-25(21)22/h1-16H,17-18H2/b26-16+. The summed E-state index contributed by atoms with van der Waals surface area (Å²) in [6.07, 6.45) is 1.76. The lowest BCUT2D eigenvalue weighted by molar-refractivity contribution is -0.123. The van der Waals surface area contributed by atoms with Crippen LogP contribution in [0.15, 0.2) is 100 Å². The minimum Gasteiger partial charge on any atom is -0.489 e. The zero-order valence-corrected chi connectivity index (χ0v) is 20.5. The van der Waals surface area contributed by atoms with Gasteiger partial charge in [0.1, 0.15) is 12.4 Å². The second kappa shape index (κ2) is 9.87. The Morgan fingerprint density at radius 1 is 0.853 bits per heavy atom. The Morgan fingerprint density at radius 3 is 2.38 bits per heavy atom. The molecule has 0 aliphatic carbocycles. The summed E-state index contributed by atoms with van der Waals surface area (Å²) in [5.41, 5.74) is 2.87. The molecule has 168 valence electrons. The molecule has 1 aliphatic heterocycles. The molecule has 6 heteroatoms. The summed E-state index contributed by atoms with van der Waals surface area (Å²) in [4.78, 5) is 27.4. The molecule has 0 spiro atoms. The van der Waals surface area contributed by atoms with E-state index in [9.17, 15) is 9.59 Å². The van der Waals surface area contributed by atoms with Crippen LogP contribution >= 0.6 is 27.7 Å². The number of carbonyl (C=O) groups is 2. The lowest BCUT2D eigenvalue weighted by Gasteiger charge is -2.14. The highest BCUT2D eigenvalue weighted by atomic mass is 79.9. The summed E-state index contributed by atoms with van der Waals surface area (Å²) in [5.74, 6) is 0.475. The average molecular weight is 530 g/mol. The molecule has 4 nitrogen and oxygen atoms in total. The molecule has 4 aromatic rings. The minimum atomic E-state index is -0.265. The van der Waals surface area contributed by atoms with Crippen molar-refractivity contribution < 1.29 is 14.3 Å². The highest BCUT2D eigenvalue weighted by Gasteiger charge is 2.35. The smallest absolute Gasteiger partial charge is 0.293 e. The Bertz CT molecular complexity index is 1390. The van der Waals surface area contributed by atoms with Gasteiger partial charge >= 0.3 is 0 Å². The molecule has 0 bridgehead atoms. The van der Waals surface area contributed by atoms with Gasteiger partial charge in [-0.1, -0.05) is 82.7 Å². The number of imide groups is 1. The van der Waals surface area contributed by atoms with Gasteiger partial charge in [-0.2, -0.15) is 0 Å². The number of halogens is 1. The highest BCUT2D eigenvalue weighted by molar-refractivity contribution is 9.10. The molecule has 1 heterocycles. The van der Waals surface area contributed by atoms with Crippen LogP contribution in [0.5, 0.6) is 5.75 Å². The lowest BCUT2D eigenvalue weighted by Crippen LogP contribution is -2.27. The number of benzene rings is 4. The van der Waals surface area contributed by atoms with Crippen molar-refractivity contribution in [1.29, 1.82) is 0 Å². The monoisotopic (exact) mass is 529 g/mol. The normalized spacial score (nSPS) is 14.9. The maximum Gasteiger partial charge on any atom is 0.293 e. The van der Waals surface area contributed by atoms with Crippen molar-refractivity contribution in [2.75, 3.05) is 0 Å². The topological polar surface area (TPSA) is 46.6 Å². The Balaban J connectivity index is 1.27. The molecule has 1 saturated heterocycles. The van der Waals surface area contributed by atoms with Gasteiger partial charge in [-0.25, -0.2) is 0 Å². The van der Waals surface area contributed by atoms with E-state index in [2.05, 4.69) is 15.9 Å². The van der Waals surface area contributed by atoms with Crippen molar-refractivity contribution in [3.05, 3.63) is 117 Å². The SMILES string of the molecule is O=C1S/C(=C/c2ccc(OCc3ccc(Br)cc3)cc2)C(=O)N1Cc1cccc2ccccc12. The van der Waals surface area contributed by atoms with Crippen molar-refractivity contribution in [1.82, 2.24) is 4.90 Å². The molecule has 0 saturated carbocycles. The maximum absolute atomic E-state index is 13.0. The van der Waals surface area contributed by atoms with Gasteiger partial charge in [-0.15, -0.1) is 0 Å². The van der Waals surface area contributed by atoms with Crippen molar-refractivity contribution in [3.8, 4) is 5.75 Å². The third-order valence-electron chi connectivity index (χ3n) is 5.58. The van der Waals surface area contributed by atoms with E-state index in [1.54, 1.807) is 6.08 Å². The van der Waals surface area contributed by atoms with Crippen LogP contribution in [0.4, 0.5) is 4.79 Å². The van der Waals surface area contributed by atoms with Crippen LogP contribution in [0.25, 0.3) is 16.8 Å². The van der Waals surface area contributed by atoms with Crippen molar-refractivity contribution in [2.45, 2.75) is 13.2 Å². The number of hydrogen-bond donors (Lipinski definition) is 0. The van der Waals surface area contributed by atoms with Crippen LogP contribution in [-0.4, -0.2) is 16.0 Å². The molecule has 0 unspecified atom stereocenters. The van der Waals surface area contributed by atoms with Crippen LogP contribution < -0.4 is 4.74 Å². The zero-order valence-electron chi connectivity index (χ0n) is 18.1. The molecule has 2 amide bonds. The molecular formula is C28H20BrNO3S. The fourth-order valence-electron chi connectivity index (χ4n) is 3.80. The number of carbonyl (C=O) groups excluding carboxylic acids is 2. The van der Waals surface area contributed by atoms with Crippen LogP contribution in [0.3, 0.4) is 0 Å². The Hall–Kier alpha value is -3.35. The van der Waals surface area contributed by atoms with E-state index >= 15 is 0 Å². The first kappa shape index (κ1) is 22.4. The molecular weight excluding hydrogens is 510 g/mol. The van der Waals surface area contributed by atoms with Crippen LogP contribution in [0.1, 0.15) is 16.7 Å². The third-order valence-corrected chi connectivity index (χ3v) is 7.01. The third kappa shape index (κ3) is 4.93. The number of ether oxygens (including phenoxy) is 1. The maximum atomic E-state index is 13.0. The molecule has 0 N–H and O–H groups in total. The predicted molar refractivity (Wildman–Crippen MR) is 140 cm³/mol. The summed E-state index contributed by atoms with van der Waals surface area (Å²) in [6.45, 7) is 0.728. The predicted octanol–water partition coefficient (Wildman–Crippen LogP) is 7.42. The van der Waals surface area contributed by atoms with Crippen LogP contribution in [0, 0.1) is 0 Å². The van der Waals surface area contributed by atoms with Crippen molar-refractivity contribution >= 4 is 55.7 Å². The second-order valence-corrected chi connectivity index (χ2v) is 9.80. The van der Waals surface area contributed by atoms with Gasteiger partial charge in [-0.05, 0) is 69.6 Å². The summed E-state index contributed by atoms with van der Waals surface area (Å²) in [5, 5.41) is 1.88. The fraction of sp³-hybridized carbons (Fsp3) is 0.0714. The number of fused-ring (bicyclic) bond motifs is 1. The summed E-state index contributed by atoms with van der Waals surface area (Å²) in [7, 11) is 0. The summed E-state index contributed by atoms with van der Waals surface area (Å²) in [6, 6.07) is 29.4. The summed E-state index contributed by atoms with van der Waals surface area (Å²) >= 11 is 4.40. The second-order valence-electron chi connectivity index (χ2n) is 7.89. The number of thioether (sulfide) groups is 1. The molecule has 1 aliphatic rings. The zero-order chi connectivity index (χ0) is 23.5. The number of nitrogens with zero attached hydrogens (tertiary/aromatic N) is 1. The van der Waals surface area contributed by atoms with Crippen LogP contribution in [-0.2, 0) is 17.9 Å². The largest absolute Gasteiger partial charge is 0.489 e. The Morgan fingerprint density at radius 2 is 1.59 bits per heavy atom. The van der Waals surface area contributed by atoms with E-state index in [1.165, 1.54) is 4.90 Å². The molecule has 1 fully saturated rings. The minimum absolute atomic E-state index is 0.251. The Labute approximate surface area is 210 Å². The van der Waals surface area contributed by atoms with E-state index in [0.717, 1.165) is 49.4 Å². The quantitative estimate of drug-likeness (QED) is 0.244. The van der Waals surface area contributed by atoms with Gasteiger partial charge in [0.05, 0.1) is 11.4 Å². The number of amides is 2. The molecule has 34 heavy (non-hydrogen) atoms. The summed E-state index contributed by atoms with van der Waals surface area (Å²) < 4.78 is 6.87. The number of rotatable bonds is 6. The van der Waals surface area contributed by atoms with E-state index in [4.69, 9.17) is 4.74 Å². The first-order valence-corrected chi connectivity index (χ1v) is 12.4. The van der Waals surface area contributed by atoms with E-state index in [-0.39, 0.29) is 17.7 Å². The van der Waals surface area contributed by atoms with Gasteiger partial charge < -0.3 is 4.74 Å². The highest BCUT2D eigenvalue weighted by Crippen LogP contribution is 2.34.